The van der Waals surface area contributed by atoms with Crippen molar-refractivity contribution in [2.75, 3.05) is 13.1 Å². The van der Waals surface area contributed by atoms with Gasteiger partial charge in [0.2, 0.25) is 0 Å². The fraction of sp³-hybridized carbons (Fsp3) is 0.400. The molecule has 1 atom stereocenters. The van der Waals surface area contributed by atoms with Crippen LogP contribution in [0.15, 0.2) is 18.3 Å². The molecule has 1 aliphatic rings. The zero-order valence-corrected chi connectivity index (χ0v) is 9.50. The molecular weight excluding hydrogens is 230 g/mol. The Morgan fingerprint density at radius 1 is 1.62 bits per heavy atom. The van der Waals surface area contributed by atoms with Gasteiger partial charge in [-0.1, -0.05) is 0 Å². The predicted octanol–water partition coefficient (Wildman–Crippen LogP) is 0.343. The number of primary amides is 1. The van der Waals surface area contributed by atoms with E-state index in [2.05, 4.69) is 10.3 Å². The van der Waals surface area contributed by atoms with Crippen LogP contribution in [0.3, 0.4) is 0 Å². The van der Waals surface area contributed by atoms with Gasteiger partial charge in [0.05, 0.1) is 0 Å². The largest absolute Gasteiger partial charge is 0.489 e. The molecule has 5 nitrogen and oxygen atoms in total. The SMILES string of the molecule is Cl.NC(=O)c1cc(OC2CCNC2)ccn1. The lowest BCUT2D eigenvalue weighted by Gasteiger charge is -2.12. The topological polar surface area (TPSA) is 77.2 Å². The van der Waals surface area contributed by atoms with Gasteiger partial charge in [-0.25, -0.2) is 0 Å². The van der Waals surface area contributed by atoms with E-state index in [1.54, 1.807) is 12.1 Å². The molecule has 6 heteroatoms. The first-order valence-electron chi connectivity index (χ1n) is 4.89. The molecule has 1 aromatic heterocycles. The number of carbonyl (C=O) groups is 1. The minimum Gasteiger partial charge on any atom is -0.489 e. The average Bonchev–Trinajstić information content (AvgIpc) is 2.71. The molecule has 0 saturated carbocycles. The van der Waals surface area contributed by atoms with E-state index in [0.29, 0.717) is 5.75 Å². The Kier molecular flexibility index (Phi) is 4.52. The van der Waals surface area contributed by atoms with E-state index in [-0.39, 0.29) is 24.2 Å². The quantitative estimate of drug-likeness (QED) is 0.803. The Labute approximate surface area is 99.8 Å². The minimum atomic E-state index is -0.537. The molecule has 1 saturated heterocycles. The third-order valence-corrected chi connectivity index (χ3v) is 2.30. The van der Waals surface area contributed by atoms with Crippen molar-refractivity contribution in [2.45, 2.75) is 12.5 Å². The molecule has 1 aromatic rings. The molecule has 0 aromatic carbocycles. The Balaban J connectivity index is 0.00000128. The molecule has 1 aliphatic heterocycles. The van der Waals surface area contributed by atoms with Crippen LogP contribution in [0.1, 0.15) is 16.9 Å². The summed E-state index contributed by atoms with van der Waals surface area (Å²) < 4.78 is 5.66. The van der Waals surface area contributed by atoms with E-state index in [4.69, 9.17) is 10.5 Å². The van der Waals surface area contributed by atoms with Gasteiger partial charge in [-0.05, 0) is 19.0 Å². The molecule has 0 radical (unpaired) electrons. The average molecular weight is 244 g/mol. The van der Waals surface area contributed by atoms with E-state index in [1.165, 1.54) is 6.20 Å². The summed E-state index contributed by atoms with van der Waals surface area (Å²) in [6.07, 6.45) is 2.68. The van der Waals surface area contributed by atoms with Crippen molar-refractivity contribution in [3.63, 3.8) is 0 Å². The van der Waals surface area contributed by atoms with Crippen LogP contribution >= 0.6 is 12.4 Å². The Bertz CT molecular complexity index is 367. The number of rotatable bonds is 3. The summed E-state index contributed by atoms with van der Waals surface area (Å²) in [6, 6.07) is 3.30. The third kappa shape index (κ3) is 3.08. The maximum absolute atomic E-state index is 10.9. The fourth-order valence-corrected chi connectivity index (χ4v) is 1.54. The standard InChI is InChI=1S/C10H13N3O2.ClH/c11-10(14)9-5-7(2-4-13-9)15-8-1-3-12-6-8;/h2,4-5,8,12H,1,3,6H2,(H2,11,14);1H. The molecule has 2 rings (SSSR count). The normalized spacial score (nSPS) is 18.9. The lowest BCUT2D eigenvalue weighted by molar-refractivity contribution is 0.0994. The molecule has 1 unspecified atom stereocenters. The van der Waals surface area contributed by atoms with Crippen LogP contribution in [0, 0.1) is 0 Å². The van der Waals surface area contributed by atoms with Gasteiger partial charge < -0.3 is 15.8 Å². The number of carbonyl (C=O) groups excluding carboxylic acids is 1. The summed E-state index contributed by atoms with van der Waals surface area (Å²) in [5.74, 6) is 0.109. The van der Waals surface area contributed by atoms with Crippen molar-refractivity contribution in [1.82, 2.24) is 10.3 Å². The molecule has 0 bridgehead atoms. The second-order valence-electron chi connectivity index (χ2n) is 3.47. The fourth-order valence-electron chi connectivity index (χ4n) is 1.54. The molecule has 3 N–H and O–H groups in total. The van der Waals surface area contributed by atoms with Gasteiger partial charge in [0.25, 0.3) is 5.91 Å². The zero-order valence-electron chi connectivity index (χ0n) is 8.68. The number of pyridine rings is 1. The van der Waals surface area contributed by atoms with Crippen molar-refractivity contribution in [1.29, 1.82) is 0 Å². The molecule has 2 heterocycles. The smallest absolute Gasteiger partial charge is 0.267 e. The first-order valence-corrected chi connectivity index (χ1v) is 4.89. The van der Waals surface area contributed by atoms with Crippen LogP contribution in [0.5, 0.6) is 5.75 Å². The molecule has 88 valence electrons. The zero-order chi connectivity index (χ0) is 10.7. The maximum Gasteiger partial charge on any atom is 0.267 e. The molecule has 0 spiro atoms. The van der Waals surface area contributed by atoms with Gasteiger partial charge in [-0.3, -0.25) is 9.78 Å². The highest BCUT2D eigenvalue weighted by Gasteiger charge is 2.16. The van der Waals surface area contributed by atoms with Crippen LogP contribution in [0.25, 0.3) is 0 Å². The summed E-state index contributed by atoms with van der Waals surface area (Å²) in [7, 11) is 0. The Morgan fingerprint density at radius 2 is 2.44 bits per heavy atom. The number of nitrogens with one attached hydrogen (secondary N) is 1. The van der Waals surface area contributed by atoms with E-state index in [1.807, 2.05) is 0 Å². The Morgan fingerprint density at radius 3 is 3.06 bits per heavy atom. The predicted molar refractivity (Wildman–Crippen MR) is 61.9 cm³/mol. The maximum atomic E-state index is 10.9. The second-order valence-corrected chi connectivity index (χ2v) is 3.47. The van der Waals surface area contributed by atoms with Gasteiger partial charge >= 0.3 is 0 Å². The van der Waals surface area contributed by atoms with Gasteiger partial charge in [0.15, 0.2) is 0 Å². The molecular formula is C10H14ClN3O2. The first kappa shape index (κ1) is 12.7. The number of nitrogens with zero attached hydrogens (tertiary/aromatic N) is 1. The van der Waals surface area contributed by atoms with Gasteiger partial charge in [0, 0.05) is 18.8 Å². The summed E-state index contributed by atoms with van der Waals surface area (Å²) in [5.41, 5.74) is 5.36. The van der Waals surface area contributed by atoms with Crippen molar-refractivity contribution in [2.24, 2.45) is 5.73 Å². The van der Waals surface area contributed by atoms with Crippen LogP contribution in [-0.2, 0) is 0 Å². The minimum absolute atomic E-state index is 0. The number of amides is 1. The molecule has 16 heavy (non-hydrogen) atoms. The van der Waals surface area contributed by atoms with E-state index >= 15 is 0 Å². The number of ether oxygens (including phenoxy) is 1. The summed E-state index contributed by atoms with van der Waals surface area (Å²) in [5, 5.41) is 3.20. The highest BCUT2D eigenvalue weighted by Crippen LogP contribution is 2.15. The van der Waals surface area contributed by atoms with Crippen LogP contribution in [-0.4, -0.2) is 30.1 Å². The third-order valence-electron chi connectivity index (χ3n) is 2.30. The van der Waals surface area contributed by atoms with Crippen molar-refractivity contribution >= 4 is 18.3 Å². The molecule has 0 aliphatic carbocycles. The van der Waals surface area contributed by atoms with Gasteiger partial charge in [-0.2, -0.15) is 0 Å². The number of hydrogen-bond acceptors (Lipinski definition) is 4. The highest BCUT2D eigenvalue weighted by atomic mass is 35.5. The summed E-state index contributed by atoms with van der Waals surface area (Å²) in [4.78, 5) is 14.7. The second kappa shape index (κ2) is 5.67. The van der Waals surface area contributed by atoms with Crippen molar-refractivity contribution < 1.29 is 9.53 Å². The summed E-state index contributed by atoms with van der Waals surface area (Å²) >= 11 is 0. The van der Waals surface area contributed by atoms with Crippen LogP contribution < -0.4 is 15.8 Å². The first-order chi connectivity index (χ1) is 7.25. The van der Waals surface area contributed by atoms with Crippen molar-refractivity contribution in [3.05, 3.63) is 24.0 Å². The molecule has 1 fully saturated rings. The monoisotopic (exact) mass is 243 g/mol. The number of nitrogens with two attached hydrogens (primary N) is 1. The van der Waals surface area contributed by atoms with Gasteiger partial charge in [-0.15, -0.1) is 12.4 Å². The van der Waals surface area contributed by atoms with Crippen LogP contribution in [0.4, 0.5) is 0 Å². The Hall–Kier alpha value is -1.33. The van der Waals surface area contributed by atoms with E-state index < -0.39 is 5.91 Å². The number of halogens is 1. The lowest BCUT2D eigenvalue weighted by atomic mass is 10.3. The van der Waals surface area contributed by atoms with Crippen LogP contribution in [0.2, 0.25) is 0 Å². The van der Waals surface area contributed by atoms with Gasteiger partial charge in [0.1, 0.15) is 17.5 Å². The number of aromatic nitrogens is 1. The van der Waals surface area contributed by atoms with E-state index in [9.17, 15) is 4.79 Å². The van der Waals surface area contributed by atoms with Crippen molar-refractivity contribution in [3.8, 4) is 5.75 Å². The lowest BCUT2D eigenvalue weighted by Crippen LogP contribution is -2.20. The number of hydrogen-bond donors (Lipinski definition) is 2. The molecule has 1 amide bonds. The summed E-state index contributed by atoms with van der Waals surface area (Å²) in [6.45, 7) is 1.81. The van der Waals surface area contributed by atoms with E-state index in [0.717, 1.165) is 19.5 Å². The highest BCUT2D eigenvalue weighted by molar-refractivity contribution is 5.91.